The maximum absolute atomic E-state index is 14.4. The molecule has 0 radical (unpaired) electrons. The zero-order valence-electron chi connectivity index (χ0n) is 26.9. The number of hydrogen-bond acceptors (Lipinski definition) is 7. The van der Waals surface area contributed by atoms with Gasteiger partial charge in [0.15, 0.2) is 5.78 Å². The molecule has 0 saturated heterocycles. The van der Waals surface area contributed by atoms with E-state index in [2.05, 4.69) is 10.6 Å². The van der Waals surface area contributed by atoms with Crippen molar-refractivity contribution >= 4 is 29.2 Å². The molecule has 2 amide bonds. The minimum atomic E-state index is -0.904. The van der Waals surface area contributed by atoms with E-state index in [1.165, 1.54) is 0 Å². The molecule has 0 bridgehead atoms. The number of nitrogens with one attached hydrogen (secondary N) is 2. The molecule has 1 heterocycles. The van der Waals surface area contributed by atoms with Crippen molar-refractivity contribution in [1.29, 1.82) is 0 Å². The first-order valence-electron chi connectivity index (χ1n) is 16.4. The number of hydrogen-bond donors (Lipinski definition) is 4. The van der Waals surface area contributed by atoms with Gasteiger partial charge in [-0.1, -0.05) is 67.9 Å². The largest absolute Gasteiger partial charge is 0.510 e. The molecule has 9 nitrogen and oxygen atoms in total. The average molecular weight is 660 g/mol. The average Bonchev–Trinajstić information content (AvgIpc) is 3.36. The fraction of sp³-hybridized carbons (Fsp3) is 0.432. The molecule has 6 rings (SSSR count). The van der Waals surface area contributed by atoms with Gasteiger partial charge < -0.3 is 25.6 Å². The van der Waals surface area contributed by atoms with E-state index in [1.54, 1.807) is 23.1 Å². The standard InChI is InChI=1S/C37H42ClN3O6/c1-37(2)19-27-34(31(44)20-37)36(24-15-14-23(18-25(24)38)47-21-22-8-4-3-5-9-22)41(28-11-7-13-30(43)35(28)40-27)33(46)17-16-32(45)39-26-10-6-12-29(26)42/h3-5,8-9,11,14-15,18,26,29,36,40,42-43H,6-7,10,12-13,16-17,19-21H2,1-2H3,(H,39,45). The van der Waals surface area contributed by atoms with Crippen LogP contribution < -0.4 is 15.4 Å². The summed E-state index contributed by atoms with van der Waals surface area (Å²) in [4.78, 5) is 42.9. The second-order valence-corrected chi connectivity index (χ2v) is 14.1. The minimum absolute atomic E-state index is 0.0934. The van der Waals surface area contributed by atoms with Gasteiger partial charge >= 0.3 is 0 Å². The lowest BCUT2D eigenvalue weighted by atomic mass is 9.73. The van der Waals surface area contributed by atoms with Crippen molar-refractivity contribution in [3.05, 3.63) is 99.2 Å². The van der Waals surface area contributed by atoms with Crippen molar-refractivity contribution in [3.63, 3.8) is 0 Å². The molecule has 4 aliphatic rings. The summed E-state index contributed by atoms with van der Waals surface area (Å²) in [5, 5.41) is 27.9. The van der Waals surface area contributed by atoms with Crippen LogP contribution in [-0.2, 0) is 21.0 Å². The number of carbonyl (C=O) groups is 3. The van der Waals surface area contributed by atoms with Gasteiger partial charge in [0.1, 0.15) is 23.8 Å². The fourth-order valence-electron chi connectivity index (χ4n) is 7.12. The fourth-order valence-corrected chi connectivity index (χ4v) is 7.39. The highest BCUT2D eigenvalue weighted by Crippen LogP contribution is 2.49. The third-order valence-corrected chi connectivity index (χ3v) is 9.75. The van der Waals surface area contributed by atoms with Crippen LogP contribution in [0.15, 0.2) is 83.0 Å². The molecule has 3 unspecified atom stereocenters. The number of amides is 2. The molecule has 10 heteroatoms. The number of nitrogens with zero attached hydrogens (tertiary/aromatic N) is 1. The van der Waals surface area contributed by atoms with Crippen LogP contribution in [0.5, 0.6) is 5.75 Å². The number of ether oxygens (including phenoxy) is 1. The molecule has 1 saturated carbocycles. The molecule has 0 spiro atoms. The van der Waals surface area contributed by atoms with Crippen molar-refractivity contribution in [2.24, 2.45) is 5.41 Å². The van der Waals surface area contributed by atoms with Gasteiger partial charge in [-0.25, -0.2) is 0 Å². The van der Waals surface area contributed by atoms with E-state index < -0.39 is 12.1 Å². The van der Waals surface area contributed by atoms with Crippen molar-refractivity contribution in [2.45, 2.75) is 96.4 Å². The molecule has 2 aromatic carbocycles. The minimum Gasteiger partial charge on any atom is -0.510 e. The molecule has 1 fully saturated rings. The summed E-state index contributed by atoms with van der Waals surface area (Å²) in [6.07, 6.45) is 4.91. The Labute approximate surface area is 280 Å². The van der Waals surface area contributed by atoms with Crippen LogP contribution in [0.2, 0.25) is 5.02 Å². The van der Waals surface area contributed by atoms with Crippen LogP contribution >= 0.6 is 11.6 Å². The van der Waals surface area contributed by atoms with Crippen LogP contribution in [0.25, 0.3) is 0 Å². The normalized spacial score (nSPS) is 23.7. The molecule has 1 aliphatic heterocycles. The summed E-state index contributed by atoms with van der Waals surface area (Å²) >= 11 is 7.00. The van der Waals surface area contributed by atoms with Crippen molar-refractivity contribution < 1.29 is 29.3 Å². The first-order valence-corrected chi connectivity index (χ1v) is 16.8. The van der Waals surface area contributed by atoms with Crippen molar-refractivity contribution in [1.82, 2.24) is 15.5 Å². The first kappa shape index (κ1) is 32.8. The zero-order valence-corrected chi connectivity index (χ0v) is 27.6. The number of aliphatic hydroxyl groups excluding tert-OH is 2. The zero-order chi connectivity index (χ0) is 33.3. The molecular weight excluding hydrogens is 618 g/mol. The SMILES string of the molecule is CC1(C)CC(=O)C2=C(C1)NC1=C(O)CCC=C1N(C(=O)CCC(=O)NC1CCCC1O)C2c1ccc(OCc2ccccc2)cc1Cl. The Morgan fingerprint density at radius 3 is 2.62 bits per heavy atom. The second kappa shape index (κ2) is 13.6. The van der Waals surface area contributed by atoms with Crippen LogP contribution in [-0.4, -0.2) is 44.9 Å². The molecule has 47 heavy (non-hydrogen) atoms. The predicted octanol–water partition coefficient (Wildman–Crippen LogP) is 6.29. The third-order valence-electron chi connectivity index (χ3n) is 9.43. The van der Waals surface area contributed by atoms with Gasteiger partial charge in [-0.3, -0.25) is 19.3 Å². The van der Waals surface area contributed by atoms with Crippen LogP contribution in [0.4, 0.5) is 0 Å². The Bertz CT molecular complexity index is 1660. The Hall–Kier alpha value is -4.08. The summed E-state index contributed by atoms with van der Waals surface area (Å²) < 4.78 is 6.03. The second-order valence-electron chi connectivity index (χ2n) is 13.7. The first-order chi connectivity index (χ1) is 22.5. The monoisotopic (exact) mass is 659 g/mol. The van der Waals surface area contributed by atoms with Crippen molar-refractivity contribution in [2.75, 3.05) is 0 Å². The summed E-state index contributed by atoms with van der Waals surface area (Å²) in [6, 6.07) is 13.8. The highest BCUT2D eigenvalue weighted by molar-refractivity contribution is 6.31. The number of ketones is 1. The van der Waals surface area contributed by atoms with Gasteiger partial charge in [0.05, 0.1) is 23.9 Å². The molecule has 4 N–H and O–H groups in total. The van der Waals surface area contributed by atoms with Gasteiger partial charge in [0.2, 0.25) is 11.8 Å². The van der Waals surface area contributed by atoms with Crippen LogP contribution in [0.3, 0.4) is 0 Å². The topological polar surface area (TPSA) is 128 Å². The van der Waals surface area contributed by atoms with E-state index in [-0.39, 0.29) is 54.1 Å². The Balaban J connectivity index is 1.38. The lowest BCUT2D eigenvalue weighted by Crippen LogP contribution is -2.41. The maximum Gasteiger partial charge on any atom is 0.228 e. The van der Waals surface area contributed by atoms with Gasteiger partial charge in [0.25, 0.3) is 0 Å². The lowest BCUT2D eigenvalue weighted by molar-refractivity contribution is -0.133. The quantitative estimate of drug-likeness (QED) is 0.262. The summed E-state index contributed by atoms with van der Waals surface area (Å²) in [5.41, 5.74) is 3.11. The number of allylic oxidation sites excluding steroid dienone is 3. The highest BCUT2D eigenvalue weighted by Gasteiger charge is 2.45. The van der Waals surface area contributed by atoms with E-state index >= 15 is 0 Å². The summed E-state index contributed by atoms with van der Waals surface area (Å²) in [6.45, 7) is 4.39. The number of rotatable bonds is 8. The summed E-state index contributed by atoms with van der Waals surface area (Å²) in [5.74, 6) is -0.173. The number of halogens is 1. The van der Waals surface area contributed by atoms with E-state index in [4.69, 9.17) is 16.3 Å². The molecule has 2 aromatic rings. The van der Waals surface area contributed by atoms with Crippen LogP contribution in [0, 0.1) is 5.41 Å². The molecule has 3 atom stereocenters. The Morgan fingerprint density at radius 2 is 1.89 bits per heavy atom. The predicted molar refractivity (Wildman–Crippen MR) is 178 cm³/mol. The molecule has 248 valence electrons. The van der Waals surface area contributed by atoms with Gasteiger partial charge in [0, 0.05) is 42.0 Å². The van der Waals surface area contributed by atoms with Gasteiger partial charge in [-0.05, 0) is 60.8 Å². The number of aliphatic hydroxyl groups is 2. The van der Waals surface area contributed by atoms with E-state index in [9.17, 15) is 24.6 Å². The third kappa shape index (κ3) is 7.11. The molecule has 0 aromatic heterocycles. The van der Waals surface area contributed by atoms with Gasteiger partial charge in [-0.15, -0.1) is 0 Å². The van der Waals surface area contributed by atoms with E-state index in [0.29, 0.717) is 77.7 Å². The van der Waals surface area contributed by atoms with E-state index in [1.807, 2.05) is 50.3 Å². The van der Waals surface area contributed by atoms with Crippen LogP contribution in [0.1, 0.15) is 88.8 Å². The number of Topliss-reactive ketones (excluding diaryl/α,β-unsaturated/α-hetero) is 1. The van der Waals surface area contributed by atoms with E-state index in [0.717, 1.165) is 12.0 Å². The summed E-state index contributed by atoms with van der Waals surface area (Å²) in [7, 11) is 0. The molecule has 3 aliphatic carbocycles. The van der Waals surface area contributed by atoms with Gasteiger partial charge in [-0.2, -0.15) is 0 Å². The molecular formula is C37H42ClN3O6. The Morgan fingerprint density at radius 1 is 1.11 bits per heavy atom. The smallest absolute Gasteiger partial charge is 0.228 e. The number of carbonyl (C=O) groups excluding carboxylic acids is 3. The number of benzene rings is 2. The lowest BCUT2D eigenvalue weighted by Gasteiger charge is -2.37. The number of fused-ring (bicyclic) bond motifs is 1. The van der Waals surface area contributed by atoms with Crippen molar-refractivity contribution in [3.8, 4) is 5.75 Å². The maximum atomic E-state index is 14.4. The highest BCUT2D eigenvalue weighted by atomic mass is 35.5. The Kier molecular flexibility index (Phi) is 9.48.